The molecule has 1 fully saturated rings. The van der Waals surface area contributed by atoms with Crippen LogP contribution in [0.25, 0.3) is 0 Å². The van der Waals surface area contributed by atoms with Crippen LogP contribution < -0.4 is 19.7 Å². The Hall–Kier alpha value is -4.26. The predicted octanol–water partition coefficient (Wildman–Crippen LogP) is 5.96. The SMILES string of the molecule is C=C1C(=O)N(c2cc(C)c(C)c(OC)c2)[C@H]1c1ccc(C)c(OCCCNC(=O)OCc2ccccc2)c1. The summed E-state index contributed by atoms with van der Waals surface area (Å²) < 4.78 is 16.8. The number of rotatable bonds is 10. The molecular weight excluding hydrogens is 480 g/mol. The smallest absolute Gasteiger partial charge is 0.407 e. The largest absolute Gasteiger partial charge is 0.496 e. The van der Waals surface area contributed by atoms with E-state index >= 15 is 0 Å². The molecule has 1 aliphatic heterocycles. The molecule has 4 rings (SSSR count). The van der Waals surface area contributed by atoms with Gasteiger partial charge in [0.05, 0.1) is 19.8 Å². The number of amides is 2. The van der Waals surface area contributed by atoms with Gasteiger partial charge in [0.2, 0.25) is 0 Å². The number of nitrogens with one attached hydrogen (secondary N) is 1. The number of nitrogens with zero attached hydrogens (tertiary/aromatic N) is 1. The zero-order valence-electron chi connectivity index (χ0n) is 22.4. The minimum Gasteiger partial charge on any atom is -0.496 e. The van der Waals surface area contributed by atoms with Crippen LogP contribution in [-0.4, -0.2) is 32.3 Å². The third-order valence-electron chi connectivity index (χ3n) is 6.77. The highest BCUT2D eigenvalue weighted by atomic mass is 16.5. The molecule has 1 aliphatic rings. The Kier molecular flexibility index (Phi) is 8.36. The summed E-state index contributed by atoms with van der Waals surface area (Å²) in [6, 6.07) is 19.1. The Morgan fingerprint density at radius 1 is 1.00 bits per heavy atom. The molecule has 198 valence electrons. The zero-order valence-corrected chi connectivity index (χ0v) is 22.4. The van der Waals surface area contributed by atoms with Crippen molar-refractivity contribution >= 4 is 17.7 Å². The second-order valence-corrected chi connectivity index (χ2v) is 9.41. The standard InChI is InChI=1S/C31H34N2O5/c1-20-12-13-25(29-23(4)30(34)33(29)26-16-21(2)22(3)28(18-26)36-5)17-27(20)37-15-9-14-32-31(35)38-19-24-10-7-6-8-11-24/h6-8,10-13,16-18,29H,4,9,14-15,19H2,1-3,5H3,(H,32,35)/t29-/m1/s1. The number of methoxy groups -OCH3 is 1. The molecule has 0 unspecified atom stereocenters. The van der Waals surface area contributed by atoms with Crippen LogP contribution in [0, 0.1) is 20.8 Å². The quantitative estimate of drug-likeness (QED) is 0.205. The first kappa shape index (κ1) is 26.8. The number of anilines is 1. The third kappa shape index (κ3) is 5.83. The van der Waals surface area contributed by atoms with E-state index in [1.165, 1.54) is 0 Å². The maximum absolute atomic E-state index is 12.8. The van der Waals surface area contributed by atoms with Crippen molar-refractivity contribution in [3.63, 3.8) is 0 Å². The first-order valence-corrected chi connectivity index (χ1v) is 12.7. The van der Waals surface area contributed by atoms with Crippen LogP contribution in [0.5, 0.6) is 11.5 Å². The van der Waals surface area contributed by atoms with Gasteiger partial charge in [-0.2, -0.15) is 0 Å². The summed E-state index contributed by atoms with van der Waals surface area (Å²) in [5.74, 6) is 1.38. The van der Waals surface area contributed by atoms with Crippen molar-refractivity contribution in [2.75, 3.05) is 25.2 Å². The maximum atomic E-state index is 12.8. The molecule has 0 spiro atoms. The molecule has 0 radical (unpaired) electrons. The lowest BCUT2D eigenvalue weighted by molar-refractivity contribution is -0.119. The minimum absolute atomic E-state index is 0.103. The second kappa shape index (κ2) is 11.9. The van der Waals surface area contributed by atoms with E-state index < -0.39 is 6.09 Å². The Balaban J connectivity index is 1.34. The normalized spacial score (nSPS) is 14.6. The molecule has 1 N–H and O–H groups in total. The van der Waals surface area contributed by atoms with Crippen molar-refractivity contribution in [3.8, 4) is 11.5 Å². The van der Waals surface area contributed by atoms with Gasteiger partial charge < -0.3 is 19.5 Å². The lowest BCUT2D eigenvalue weighted by Crippen LogP contribution is -2.48. The summed E-state index contributed by atoms with van der Waals surface area (Å²) >= 11 is 0. The van der Waals surface area contributed by atoms with E-state index in [1.54, 1.807) is 12.0 Å². The van der Waals surface area contributed by atoms with E-state index in [2.05, 4.69) is 11.9 Å². The highest BCUT2D eigenvalue weighted by molar-refractivity contribution is 6.15. The lowest BCUT2D eigenvalue weighted by atomic mass is 9.87. The fourth-order valence-corrected chi connectivity index (χ4v) is 4.42. The van der Waals surface area contributed by atoms with Gasteiger partial charge in [-0.15, -0.1) is 0 Å². The third-order valence-corrected chi connectivity index (χ3v) is 6.77. The first-order valence-electron chi connectivity index (χ1n) is 12.7. The van der Waals surface area contributed by atoms with Gasteiger partial charge in [-0.3, -0.25) is 9.69 Å². The van der Waals surface area contributed by atoms with Crippen molar-refractivity contribution in [3.05, 3.63) is 101 Å². The number of hydrogen-bond acceptors (Lipinski definition) is 5. The van der Waals surface area contributed by atoms with Gasteiger partial charge in [0.1, 0.15) is 18.1 Å². The number of carbonyl (C=O) groups excluding carboxylic acids is 2. The molecule has 1 heterocycles. The van der Waals surface area contributed by atoms with E-state index in [1.807, 2.05) is 81.4 Å². The first-order chi connectivity index (χ1) is 18.3. The average molecular weight is 515 g/mol. The summed E-state index contributed by atoms with van der Waals surface area (Å²) in [7, 11) is 1.63. The van der Waals surface area contributed by atoms with E-state index in [0.717, 1.165) is 45.0 Å². The summed E-state index contributed by atoms with van der Waals surface area (Å²) in [4.78, 5) is 26.5. The fraction of sp³-hybridized carbons (Fsp3) is 0.290. The van der Waals surface area contributed by atoms with Crippen molar-refractivity contribution in [2.24, 2.45) is 0 Å². The molecule has 7 heteroatoms. The molecule has 3 aromatic carbocycles. The van der Waals surface area contributed by atoms with Gasteiger partial charge in [0, 0.05) is 23.9 Å². The van der Waals surface area contributed by atoms with Crippen LogP contribution in [0.4, 0.5) is 10.5 Å². The number of benzene rings is 3. The van der Waals surface area contributed by atoms with Crippen molar-refractivity contribution in [1.29, 1.82) is 0 Å². The summed E-state index contributed by atoms with van der Waals surface area (Å²) in [5, 5.41) is 2.75. The second-order valence-electron chi connectivity index (χ2n) is 9.41. The number of carbonyl (C=O) groups is 2. The number of β-lactam (4-membered cyclic amide) rings is 1. The highest BCUT2D eigenvalue weighted by Crippen LogP contribution is 2.44. The molecular formula is C31H34N2O5. The van der Waals surface area contributed by atoms with E-state index in [4.69, 9.17) is 14.2 Å². The summed E-state index contributed by atoms with van der Waals surface area (Å²) in [6.45, 7) is 11.1. The van der Waals surface area contributed by atoms with Crippen molar-refractivity contribution in [2.45, 2.75) is 39.8 Å². The van der Waals surface area contributed by atoms with Gasteiger partial charge in [-0.05, 0) is 67.1 Å². The molecule has 7 nitrogen and oxygen atoms in total. The lowest BCUT2D eigenvalue weighted by Gasteiger charge is -2.43. The van der Waals surface area contributed by atoms with E-state index in [-0.39, 0.29) is 18.6 Å². The molecule has 1 atom stereocenters. The Labute approximate surface area is 224 Å². The van der Waals surface area contributed by atoms with Crippen LogP contribution in [0.3, 0.4) is 0 Å². The van der Waals surface area contributed by atoms with Gasteiger partial charge >= 0.3 is 6.09 Å². The topological polar surface area (TPSA) is 77.1 Å². The van der Waals surface area contributed by atoms with Crippen molar-refractivity contribution < 1.29 is 23.8 Å². The predicted molar refractivity (Wildman–Crippen MR) is 148 cm³/mol. The Bertz CT molecular complexity index is 1340. The zero-order chi connectivity index (χ0) is 27.2. The van der Waals surface area contributed by atoms with E-state index in [0.29, 0.717) is 25.1 Å². The van der Waals surface area contributed by atoms with Gasteiger partial charge in [-0.1, -0.05) is 49.0 Å². The molecule has 2 amide bonds. The van der Waals surface area contributed by atoms with Crippen LogP contribution in [0.1, 0.15) is 40.3 Å². The molecule has 0 aromatic heterocycles. The van der Waals surface area contributed by atoms with Crippen LogP contribution >= 0.6 is 0 Å². The van der Waals surface area contributed by atoms with Gasteiger partial charge in [0.15, 0.2) is 0 Å². The van der Waals surface area contributed by atoms with E-state index in [9.17, 15) is 9.59 Å². The van der Waals surface area contributed by atoms with Crippen LogP contribution in [0.15, 0.2) is 72.8 Å². The fourth-order valence-electron chi connectivity index (χ4n) is 4.42. The number of aryl methyl sites for hydroxylation is 2. The summed E-state index contributed by atoms with van der Waals surface area (Å²) in [6.07, 6.45) is 0.163. The van der Waals surface area contributed by atoms with Crippen LogP contribution in [-0.2, 0) is 16.1 Å². The monoisotopic (exact) mass is 514 g/mol. The molecule has 1 saturated heterocycles. The molecule has 38 heavy (non-hydrogen) atoms. The molecule has 3 aromatic rings. The summed E-state index contributed by atoms with van der Waals surface area (Å²) in [5.41, 5.74) is 6.26. The number of ether oxygens (including phenoxy) is 3. The van der Waals surface area contributed by atoms with Crippen LogP contribution in [0.2, 0.25) is 0 Å². The average Bonchev–Trinajstić information content (AvgIpc) is 2.93. The number of alkyl carbamates (subject to hydrolysis) is 1. The Morgan fingerprint density at radius 2 is 1.76 bits per heavy atom. The minimum atomic E-state index is -0.455. The number of hydrogen-bond donors (Lipinski definition) is 1. The molecule has 0 bridgehead atoms. The van der Waals surface area contributed by atoms with Gasteiger partial charge in [-0.25, -0.2) is 4.79 Å². The maximum Gasteiger partial charge on any atom is 0.407 e. The highest BCUT2D eigenvalue weighted by Gasteiger charge is 2.43. The molecule has 0 saturated carbocycles. The van der Waals surface area contributed by atoms with Crippen molar-refractivity contribution in [1.82, 2.24) is 5.32 Å². The Morgan fingerprint density at radius 3 is 2.50 bits per heavy atom. The molecule has 0 aliphatic carbocycles. The van der Waals surface area contributed by atoms with Gasteiger partial charge in [0.25, 0.3) is 5.91 Å².